The van der Waals surface area contributed by atoms with Gasteiger partial charge in [0.1, 0.15) is 5.82 Å². The van der Waals surface area contributed by atoms with Gasteiger partial charge in [-0.3, -0.25) is 4.79 Å². The first kappa shape index (κ1) is 17.4. The summed E-state index contributed by atoms with van der Waals surface area (Å²) < 4.78 is 14.2. The topological polar surface area (TPSA) is 17.1 Å². The van der Waals surface area contributed by atoms with E-state index in [0.29, 0.717) is 10.9 Å². The van der Waals surface area contributed by atoms with E-state index >= 15 is 0 Å². The standard InChI is InChI=1S/C17H24BrFO/c1-2-3-4-5-6-7-8-9-13-16(20)17-14(18)11-10-12-15(17)19/h10-12H,2-9,13H2,1H3. The lowest BCUT2D eigenvalue weighted by molar-refractivity contribution is 0.0974. The molecule has 0 radical (unpaired) electrons. The molecule has 0 fully saturated rings. The molecule has 0 spiro atoms. The number of rotatable bonds is 10. The molecule has 0 unspecified atom stereocenters. The molecule has 112 valence electrons. The van der Waals surface area contributed by atoms with E-state index < -0.39 is 5.82 Å². The molecule has 1 aromatic carbocycles. The Balaban J connectivity index is 2.21. The van der Waals surface area contributed by atoms with Gasteiger partial charge in [-0.05, 0) is 34.5 Å². The van der Waals surface area contributed by atoms with Crippen molar-refractivity contribution in [3.8, 4) is 0 Å². The Morgan fingerprint density at radius 1 is 1.05 bits per heavy atom. The monoisotopic (exact) mass is 342 g/mol. The number of ketones is 1. The molecule has 0 heterocycles. The van der Waals surface area contributed by atoms with Crippen molar-refractivity contribution in [1.29, 1.82) is 0 Å². The molecule has 0 saturated heterocycles. The van der Waals surface area contributed by atoms with E-state index in [4.69, 9.17) is 0 Å². The number of carbonyl (C=O) groups excluding carboxylic acids is 1. The van der Waals surface area contributed by atoms with Gasteiger partial charge in [0, 0.05) is 10.9 Å². The highest BCUT2D eigenvalue weighted by atomic mass is 79.9. The van der Waals surface area contributed by atoms with Crippen molar-refractivity contribution in [3.63, 3.8) is 0 Å². The molecule has 0 N–H and O–H groups in total. The first-order valence-electron chi connectivity index (χ1n) is 7.64. The molecule has 0 bridgehead atoms. The molecular weight excluding hydrogens is 319 g/mol. The molecule has 0 atom stereocenters. The third-order valence-corrected chi connectivity index (χ3v) is 4.16. The lowest BCUT2D eigenvalue weighted by Gasteiger charge is -2.05. The van der Waals surface area contributed by atoms with E-state index in [9.17, 15) is 9.18 Å². The van der Waals surface area contributed by atoms with Crippen molar-refractivity contribution in [1.82, 2.24) is 0 Å². The number of halogens is 2. The maximum atomic E-state index is 13.6. The first-order chi connectivity index (χ1) is 9.66. The third-order valence-electron chi connectivity index (χ3n) is 3.50. The van der Waals surface area contributed by atoms with Gasteiger partial charge in [-0.15, -0.1) is 0 Å². The number of carbonyl (C=O) groups is 1. The second-order valence-corrected chi connectivity index (χ2v) is 6.10. The highest BCUT2D eigenvalue weighted by Gasteiger charge is 2.14. The molecule has 3 heteroatoms. The van der Waals surface area contributed by atoms with Crippen LogP contribution in [-0.4, -0.2) is 5.78 Å². The van der Waals surface area contributed by atoms with Crippen molar-refractivity contribution in [2.45, 2.75) is 64.7 Å². The summed E-state index contributed by atoms with van der Waals surface area (Å²) in [5, 5.41) is 0. The summed E-state index contributed by atoms with van der Waals surface area (Å²) in [4.78, 5) is 12.0. The summed E-state index contributed by atoms with van der Waals surface area (Å²) in [7, 11) is 0. The number of unbranched alkanes of at least 4 members (excludes halogenated alkanes) is 7. The van der Waals surface area contributed by atoms with Crippen molar-refractivity contribution in [2.75, 3.05) is 0 Å². The van der Waals surface area contributed by atoms with Crippen LogP contribution >= 0.6 is 15.9 Å². The third kappa shape index (κ3) is 6.17. The molecule has 0 aliphatic carbocycles. The van der Waals surface area contributed by atoms with Crippen LogP contribution in [0.1, 0.15) is 75.1 Å². The highest BCUT2D eigenvalue weighted by Crippen LogP contribution is 2.22. The molecule has 0 aliphatic rings. The van der Waals surface area contributed by atoms with Crippen molar-refractivity contribution >= 4 is 21.7 Å². The lowest BCUT2D eigenvalue weighted by Crippen LogP contribution is -2.03. The maximum absolute atomic E-state index is 13.6. The maximum Gasteiger partial charge on any atom is 0.166 e. The van der Waals surface area contributed by atoms with Crippen LogP contribution in [0.5, 0.6) is 0 Å². The number of Topliss-reactive ketones (excluding diaryl/α,β-unsaturated/α-hetero) is 1. The zero-order chi connectivity index (χ0) is 14.8. The summed E-state index contributed by atoms with van der Waals surface area (Å²) in [6.45, 7) is 2.21. The number of hydrogen-bond donors (Lipinski definition) is 0. The van der Waals surface area contributed by atoms with Gasteiger partial charge in [0.15, 0.2) is 5.78 Å². The number of hydrogen-bond acceptors (Lipinski definition) is 1. The van der Waals surface area contributed by atoms with E-state index in [2.05, 4.69) is 22.9 Å². The van der Waals surface area contributed by atoms with Crippen molar-refractivity contribution in [3.05, 3.63) is 34.1 Å². The summed E-state index contributed by atoms with van der Waals surface area (Å²) in [6.07, 6.45) is 9.98. The molecule has 1 aromatic rings. The minimum absolute atomic E-state index is 0.0963. The largest absolute Gasteiger partial charge is 0.294 e. The fourth-order valence-corrected chi connectivity index (χ4v) is 2.87. The first-order valence-corrected chi connectivity index (χ1v) is 8.43. The summed E-state index contributed by atoms with van der Waals surface area (Å²) >= 11 is 3.24. The van der Waals surface area contributed by atoms with E-state index in [-0.39, 0.29) is 11.3 Å². The second-order valence-electron chi connectivity index (χ2n) is 5.24. The van der Waals surface area contributed by atoms with Crippen LogP contribution in [0, 0.1) is 5.82 Å². The molecule has 20 heavy (non-hydrogen) atoms. The average molecular weight is 343 g/mol. The van der Waals surface area contributed by atoms with Crippen LogP contribution in [0.15, 0.2) is 22.7 Å². The highest BCUT2D eigenvalue weighted by molar-refractivity contribution is 9.10. The van der Waals surface area contributed by atoms with Gasteiger partial charge in [-0.2, -0.15) is 0 Å². The quantitative estimate of drug-likeness (QED) is 0.360. The summed E-state index contributed by atoms with van der Waals surface area (Å²) in [6, 6.07) is 4.66. The normalized spacial score (nSPS) is 10.8. The Kier molecular flexibility index (Phi) is 8.75. The molecule has 1 rings (SSSR count). The van der Waals surface area contributed by atoms with Crippen LogP contribution in [0.4, 0.5) is 4.39 Å². The van der Waals surface area contributed by atoms with E-state index in [1.807, 2.05) is 0 Å². The fourth-order valence-electron chi connectivity index (χ4n) is 2.31. The van der Waals surface area contributed by atoms with Crippen LogP contribution in [-0.2, 0) is 0 Å². The smallest absolute Gasteiger partial charge is 0.166 e. The van der Waals surface area contributed by atoms with Gasteiger partial charge in [0.05, 0.1) is 5.56 Å². The molecule has 0 aromatic heterocycles. The Morgan fingerprint density at radius 3 is 2.25 bits per heavy atom. The van der Waals surface area contributed by atoms with E-state index in [1.54, 1.807) is 12.1 Å². The Morgan fingerprint density at radius 2 is 1.65 bits per heavy atom. The average Bonchev–Trinajstić information content (AvgIpc) is 2.41. The molecule has 0 amide bonds. The molecule has 0 saturated carbocycles. The molecular formula is C17H24BrFO. The van der Waals surface area contributed by atoms with Crippen molar-refractivity contribution < 1.29 is 9.18 Å². The van der Waals surface area contributed by atoms with Crippen LogP contribution in [0.2, 0.25) is 0 Å². The fraction of sp³-hybridized carbons (Fsp3) is 0.588. The molecule has 1 nitrogen and oxygen atoms in total. The predicted octanol–water partition coefficient (Wildman–Crippen LogP) is 6.30. The minimum atomic E-state index is -0.427. The SMILES string of the molecule is CCCCCCCCCCC(=O)c1c(F)cccc1Br. The van der Waals surface area contributed by atoms with Gasteiger partial charge in [0.2, 0.25) is 0 Å². The van der Waals surface area contributed by atoms with Crippen LogP contribution in [0.3, 0.4) is 0 Å². The van der Waals surface area contributed by atoms with Gasteiger partial charge >= 0.3 is 0 Å². The molecule has 0 aliphatic heterocycles. The van der Waals surface area contributed by atoms with Crippen LogP contribution in [0.25, 0.3) is 0 Å². The minimum Gasteiger partial charge on any atom is -0.294 e. The zero-order valence-corrected chi connectivity index (χ0v) is 13.8. The van der Waals surface area contributed by atoms with Gasteiger partial charge in [-0.25, -0.2) is 4.39 Å². The Bertz CT molecular complexity index is 397. The Hall–Kier alpha value is -0.700. The zero-order valence-electron chi connectivity index (χ0n) is 12.3. The Labute approximate surface area is 130 Å². The number of benzene rings is 1. The van der Waals surface area contributed by atoms with Gasteiger partial charge < -0.3 is 0 Å². The summed E-state index contributed by atoms with van der Waals surface area (Å²) in [5.41, 5.74) is 0.204. The second kappa shape index (κ2) is 10.1. The van der Waals surface area contributed by atoms with E-state index in [0.717, 1.165) is 12.8 Å². The van der Waals surface area contributed by atoms with Gasteiger partial charge in [-0.1, -0.05) is 57.9 Å². The van der Waals surface area contributed by atoms with E-state index in [1.165, 1.54) is 44.6 Å². The summed E-state index contributed by atoms with van der Waals surface area (Å²) in [5.74, 6) is -0.523. The van der Waals surface area contributed by atoms with Crippen LogP contribution < -0.4 is 0 Å². The lowest BCUT2D eigenvalue weighted by atomic mass is 10.0. The van der Waals surface area contributed by atoms with Gasteiger partial charge in [0.25, 0.3) is 0 Å². The van der Waals surface area contributed by atoms with Crippen molar-refractivity contribution in [2.24, 2.45) is 0 Å². The predicted molar refractivity (Wildman–Crippen MR) is 85.7 cm³/mol.